The van der Waals surface area contributed by atoms with Gasteiger partial charge in [-0.15, -0.1) is 0 Å². The smallest absolute Gasteiger partial charge is 0.238 e. The van der Waals surface area contributed by atoms with Crippen LogP contribution in [0, 0.1) is 18.3 Å². The molecule has 2 aromatic heterocycles. The summed E-state index contributed by atoms with van der Waals surface area (Å²) in [6.07, 6.45) is 1.79. The fourth-order valence-electron chi connectivity index (χ4n) is 5.34. The van der Waals surface area contributed by atoms with Crippen molar-refractivity contribution in [3.63, 3.8) is 0 Å². The topological polar surface area (TPSA) is 72.7 Å². The van der Waals surface area contributed by atoms with Gasteiger partial charge in [0.15, 0.2) is 0 Å². The van der Waals surface area contributed by atoms with Gasteiger partial charge in [-0.2, -0.15) is 5.26 Å². The maximum absolute atomic E-state index is 10.4. The van der Waals surface area contributed by atoms with E-state index in [4.69, 9.17) is 30.5 Å². The molecule has 0 N–H and O–H groups in total. The number of nitriles is 1. The molecule has 0 saturated carbocycles. The molecule has 212 valence electrons. The molecular formula is C36H28ClN3O3. The van der Waals surface area contributed by atoms with Crippen molar-refractivity contribution in [1.29, 1.82) is 5.26 Å². The van der Waals surface area contributed by atoms with Crippen molar-refractivity contribution in [3.05, 3.63) is 124 Å². The molecule has 0 aliphatic heterocycles. The van der Waals surface area contributed by atoms with Gasteiger partial charge in [0.1, 0.15) is 28.9 Å². The van der Waals surface area contributed by atoms with Crippen molar-refractivity contribution in [2.24, 2.45) is 4.99 Å². The zero-order valence-electron chi connectivity index (χ0n) is 24.0. The Kier molecular flexibility index (Phi) is 7.74. The summed E-state index contributed by atoms with van der Waals surface area (Å²) in [5, 5.41) is 12.1. The Bertz CT molecular complexity index is 2000. The number of ether oxygens (including phenoxy) is 2. The van der Waals surface area contributed by atoms with E-state index in [0.29, 0.717) is 23.4 Å². The Hall–Kier alpha value is -5.25. The van der Waals surface area contributed by atoms with E-state index in [1.807, 2.05) is 84.9 Å². The summed E-state index contributed by atoms with van der Waals surface area (Å²) in [4.78, 5) is 4.79. The van der Waals surface area contributed by atoms with Gasteiger partial charge in [-0.05, 0) is 66.6 Å². The minimum absolute atomic E-state index is 0.237. The number of rotatable bonds is 8. The van der Waals surface area contributed by atoms with Crippen molar-refractivity contribution in [1.82, 2.24) is 4.57 Å². The lowest BCUT2D eigenvalue weighted by Gasteiger charge is -2.10. The molecule has 0 spiro atoms. The van der Waals surface area contributed by atoms with Gasteiger partial charge in [-0.25, -0.2) is 4.99 Å². The summed E-state index contributed by atoms with van der Waals surface area (Å²) < 4.78 is 19.3. The van der Waals surface area contributed by atoms with Crippen LogP contribution in [0.15, 0.2) is 106 Å². The molecule has 0 unspecified atom stereocenters. The highest BCUT2D eigenvalue weighted by atomic mass is 35.5. The second-order valence-electron chi connectivity index (χ2n) is 10.0. The first-order valence-electron chi connectivity index (χ1n) is 13.7. The molecular weight excluding hydrogens is 558 g/mol. The molecule has 0 fully saturated rings. The van der Waals surface area contributed by atoms with Crippen LogP contribution in [0.3, 0.4) is 0 Å². The van der Waals surface area contributed by atoms with Gasteiger partial charge in [-0.1, -0.05) is 60.1 Å². The summed E-state index contributed by atoms with van der Waals surface area (Å²) in [7, 11) is 3.25. The molecule has 0 bridgehead atoms. The van der Waals surface area contributed by atoms with Gasteiger partial charge in [0.05, 0.1) is 14.2 Å². The first-order valence-corrected chi connectivity index (χ1v) is 14.1. The molecule has 0 atom stereocenters. The summed E-state index contributed by atoms with van der Waals surface area (Å²) in [5.41, 5.74) is 6.71. The lowest BCUT2D eigenvalue weighted by molar-refractivity contribution is 0.414. The molecule has 6 nitrogen and oxygen atoms in total. The van der Waals surface area contributed by atoms with Crippen LogP contribution in [0.5, 0.6) is 11.5 Å². The van der Waals surface area contributed by atoms with Gasteiger partial charge in [0.2, 0.25) is 5.88 Å². The third-order valence-electron chi connectivity index (χ3n) is 7.61. The van der Waals surface area contributed by atoms with Gasteiger partial charge >= 0.3 is 0 Å². The van der Waals surface area contributed by atoms with Gasteiger partial charge in [-0.3, -0.25) is 0 Å². The highest BCUT2D eigenvalue weighted by Crippen LogP contribution is 2.43. The maximum Gasteiger partial charge on any atom is 0.238 e. The number of benzene rings is 4. The lowest BCUT2D eigenvalue weighted by atomic mass is 9.98. The number of hydrogen-bond donors (Lipinski definition) is 0. The molecule has 43 heavy (non-hydrogen) atoms. The highest BCUT2D eigenvalue weighted by molar-refractivity contribution is 6.31. The Morgan fingerprint density at radius 1 is 0.860 bits per heavy atom. The molecule has 0 aliphatic rings. The molecule has 0 amide bonds. The molecule has 7 heteroatoms. The Morgan fingerprint density at radius 2 is 1.49 bits per heavy atom. The van der Waals surface area contributed by atoms with E-state index in [2.05, 4.69) is 29.7 Å². The van der Waals surface area contributed by atoms with Crippen LogP contribution in [0.1, 0.15) is 22.4 Å². The Labute approximate surface area is 255 Å². The summed E-state index contributed by atoms with van der Waals surface area (Å²) in [6.45, 7) is 2.68. The van der Waals surface area contributed by atoms with Crippen LogP contribution < -0.4 is 9.47 Å². The van der Waals surface area contributed by atoms with E-state index in [1.54, 1.807) is 20.4 Å². The maximum atomic E-state index is 10.4. The van der Waals surface area contributed by atoms with Crippen LogP contribution in [0.4, 0.5) is 5.88 Å². The lowest BCUT2D eigenvalue weighted by Crippen LogP contribution is -2.02. The highest BCUT2D eigenvalue weighted by Gasteiger charge is 2.23. The van der Waals surface area contributed by atoms with Crippen molar-refractivity contribution in [3.8, 4) is 40.0 Å². The molecule has 2 heterocycles. The summed E-state index contributed by atoms with van der Waals surface area (Å²) in [5.74, 6) is 2.23. The average Bonchev–Trinajstić information content (AvgIpc) is 3.55. The summed E-state index contributed by atoms with van der Waals surface area (Å²) >= 11 is 6.51. The number of nitrogens with zero attached hydrogens (tertiary/aromatic N) is 3. The fourth-order valence-corrected chi connectivity index (χ4v) is 5.53. The molecule has 4 aromatic carbocycles. The predicted octanol–water partition coefficient (Wildman–Crippen LogP) is 9.22. The Morgan fingerprint density at radius 3 is 2.14 bits per heavy atom. The number of furan rings is 1. The number of hydrogen-bond acceptors (Lipinski definition) is 5. The second kappa shape index (κ2) is 11.9. The number of para-hydroxylation sites is 1. The van der Waals surface area contributed by atoms with E-state index in [-0.39, 0.29) is 5.88 Å². The monoisotopic (exact) mass is 585 g/mol. The number of fused-ring (bicyclic) bond motifs is 1. The van der Waals surface area contributed by atoms with Crippen LogP contribution in [-0.2, 0) is 6.54 Å². The van der Waals surface area contributed by atoms with Crippen molar-refractivity contribution in [2.75, 3.05) is 14.2 Å². The minimum atomic E-state index is 0.237. The van der Waals surface area contributed by atoms with Gasteiger partial charge < -0.3 is 18.5 Å². The van der Waals surface area contributed by atoms with Crippen molar-refractivity contribution < 1.29 is 13.9 Å². The largest absolute Gasteiger partial charge is 0.497 e. The number of aliphatic imine (C=N–C) groups is 1. The minimum Gasteiger partial charge on any atom is -0.497 e. The quantitative estimate of drug-likeness (QED) is 0.167. The van der Waals surface area contributed by atoms with Crippen LogP contribution in [0.2, 0.25) is 5.02 Å². The van der Waals surface area contributed by atoms with E-state index >= 15 is 0 Å². The zero-order valence-corrected chi connectivity index (χ0v) is 24.7. The van der Waals surface area contributed by atoms with Crippen molar-refractivity contribution >= 4 is 34.6 Å². The number of halogens is 1. The molecule has 0 saturated heterocycles. The van der Waals surface area contributed by atoms with E-state index in [0.717, 1.165) is 55.4 Å². The number of methoxy groups -OCH3 is 2. The first-order chi connectivity index (χ1) is 21.0. The molecule has 6 rings (SSSR count). The Balaban J connectivity index is 1.48. The van der Waals surface area contributed by atoms with Crippen LogP contribution in [-0.4, -0.2) is 25.0 Å². The molecule has 6 aromatic rings. The van der Waals surface area contributed by atoms with Gasteiger partial charge in [0, 0.05) is 51.1 Å². The van der Waals surface area contributed by atoms with Crippen molar-refractivity contribution in [2.45, 2.75) is 13.5 Å². The average molecular weight is 586 g/mol. The van der Waals surface area contributed by atoms with Crippen LogP contribution in [0.25, 0.3) is 33.4 Å². The van der Waals surface area contributed by atoms with Gasteiger partial charge in [0.25, 0.3) is 0 Å². The SMILES string of the molecule is COc1ccc(-c2oc(/N=C/c3c(C)n(Cc4ccccc4Cl)c4ccccc34)c(C#N)c2-c2ccc(OC)cc2)cc1. The third kappa shape index (κ3) is 5.27. The van der Waals surface area contributed by atoms with E-state index < -0.39 is 0 Å². The normalized spacial score (nSPS) is 11.2. The fraction of sp³-hybridized carbons (Fsp3) is 0.111. The second-order valence-corrected chi connectivity index (χ2v) is 10.4. The summed E-state index contributed by atoms with van der Waals surface area (Å²) in [6, 6.07) is 33.5. The van der Waals surface area contributed by atoms with Crippen LogP contribution >= 0.6 is 11.6 Å². The first kappa shape index (κ1) is 27.9. The predicted molar refractivity (Wildman–Crippen MR) is 172 cm³/mol. The third-order valence-corrected chi connectivity index (χ3v) is 7.98. The molecule has 0 aliphatic carbocycles. The van der Waals surface area contributed by atoms with E-state index in [1.165, 1.54) is 0 Å². The standard InChI is InChI=1S/C36H28ClN3O3/c1-23-31(29-9-5-7-11-33(29)40(23)22-26-8-4-6-10-32(26)37)21-39-36-30(20-38)34(24-12-16-27(41-2)17-13-24)35(43-36)25-14-18-28(42-3)19-15-25/h4-19,21H,22H2,1-3H3/b39-21+. The number of aromatic nitrogens is 1. The van der Waals surface area contributed by atoms with E-state index in [9.17, 15) is 5.26 Å². The zero-order chi connectivity index (χ0) is 29.9. The molecule has 0 radical (unpaired) electrons.